The molecule has 1 saturated carbocycles. The van der Waals surface area contributed by atoms with Crippen LogP contribution in [0.5, 0.6) is 0 Å². The SMILES string of the molecule is O=C1CC(=O)CC(c2cc(C3CCOC3)no2)C1. The molecule has 3 rings (SSSR count). The largest absolute Gasteiger partial charge is 0.381 e. The number of nitrogens with zero attached hydrogens (tertiary/aromatic N) is 1. The third-order valence-electron chi connectivity index (χ3n) is 3.64. The third kappa shape index (κ3) is 2.22. The van der Waals surface area contributed by atoms with Crippen LogP contribution < -0.4 is 0 Å². The number of aromatic nitrogens is 1. The van der Waals surface area contributed by atoms with Gasteiger partial charge in [-0.15, -0.1) is 0 Å². The number of Topliss-reactive ketones (excluding diaryl/α,β-unsaturated/α-hetero) is 2. The van der Waals surface area contributed by atoms with Gasteiger partial charge in [0, 0.05) is 37.4 Å². The lowest BCUT2D eigenvalue weighted by Crippen LogP contribution is -2.20. The van der Waals surface area contributed by atoms with Gasteiger partial charge in [-0.05, 0) is 6.42 Å². The number of rotatable bonds is 2. The maximum absolute atomic E-state index is 11.4. The molecule has 0 N–H and O–H groups in total. The van der Waals surface area contributed by atoms with Crippen LogP contribution in [0.15, 0.2) is 10.6 Å². The molecule has 96 valence electrons. The fourth-order valence-corrected chi connectivity index (χ4v) is 2.64. The van der Waals surface area contributed by atoms with Crippen molar-refractivity contribution >= 4 is 11.6 Å². The van der Waals surface area contributed by atoms with Gasteiger partial charge in [0.15, 0.2) is 0 Å². The molecule has 1 atom stereocenters. The zero-order valence-electron chi connectivity index (χ0n) is 10.1. The van der Waals surface area contributed by atoms with E-state index in [2.05, 4.69) is 5.16 Å². The Bertz CT molecular complexity index is 457. The van der Waals surface area contributed by atoms with E-state index in [1.807, 2.05) is 6.07 Å². The van der Waals surface area contributed by atoms with E-state index in [1.54, 1.807) is 0 Å². The lowest BCUT2D eigenvalue weighted by atomic mass is 9.85. The predicted octanol–water partition coefficient (Wildman–Crippen LogP) is 1.58. The lowest BCUT2D eigenvalue weighted by Gasteiger charge is -2.16. The highest BCUT2D eigenvalue weighted by Gasteiger charge is 2.30. The lowest BCUT2D eigenvalue weighted by molar-refractivity contribution is -0.130. The molecule has 0 amide bonds. The van der Waals surface area contributed by atoms with Crippen molar-refractivity contribution in [1.82, 2.24) is 5.16 Å². The van der Waals surface area contributed by atoms with Crippen LogP contribution in [0.25, 0.3) is 0 Å². The molecule has 2 fully saturated rings. The topological polar surface area (TPSA) is 69.4 Å². The van der Waals surface area contributed by atoms with E-state index >= 15 is 0 Å². The van der Waals surface area contributed by atoms with E-state index in [1.165, 1.54) is 0 Å². The Kier molecular flexibility index (Phi) is 2.99. The van der Waals surface area contributed by atoms with Crippen LogP contribution in [0.4, 0.5) is 0 Å². The van der Waals surface area contributed by atoms with Crippen LogP contribution in [0.2, 0.25) is 0 Å². The van der Waals surface area contributed by atoms with Crippen molar-refractivity contribution in [3.8, 4) is 0 Å². The summed E-state index contributed by atoms with van der Waals surface area (Å²) in [5.41, 5.74) is 0.882. The quantitative estimate of drug-likeness (QED) is 0.744. The highest BCUT2D eigenvalue weighted by Crippen LogP contribution is 2.32. The summed E-state index contributed by atoms with van der Waals surface area (Å²) in [6.07, 6.45) is 1.81. The van der Waals surface area contributed by atoms with Crippen LogP contribution >= 0.6 is 0 Å². The molecule has 1 aromatic rings. The second kappa shape index (κ2) is 4.65. The number of ether oxygens (including phenoxy) is 1. The van der Waals surface area contributed by atoms with Crippen molar-refractivity contribution in [3.63, 3.8) is 0 Å². The molecule has 0 radical (unpaired) electrons. The van der Waals surface area contributed by atoms with Gasteiger partial charge in [-0.2, -0.15) is 0 Å². The average molecular weight is 249 g/mol. The minimum Gasteiger partial charge on any atom is -0.381 e. The van der Waals surface area contributed by atoms with Crippen molar-refractivity contribution in [1.29, 1.82) is 0 Å². The van der Waals surface area contributed by atoms with Crippen molar-refractivity contribution in [2.24, 2.45) is 0 Å². The highest BCUT2D eigenvalue weighted by atomic mass is 16.5. The zero-order chi connectivity index (χ0) is 12.5. The summed E-state index contributed by atoms with van der Waals surface area (Å²) >= 11 is 0. The van der Waals surface area contributed by atoms with Crippen molar-refractivity contribution < 1.29 is 18.8 Å². The number of carbonyl (C=O) groups excluding carboxylic acids is 2. The fraction of sp³-hybridized carbons (Fsp3) is 0.615. The summed E-state index contributed by atoms with van der Waals surface area (Å²) in [5, 5.41) is 4.05. The van der Waals surface area contributed by atoms with Gasteiger partial charge in [-0.3, -0.25) is 9.59 Å². The van der Waals surface area contributed by atoms with Crippen molar-refractivity contribution in [3.05, 3.63) is 17.5 Å². The van der Waals surface area contributed by atoms with Gasteiger partial charge in [-0.1, -0.05) is 5.16 Å². The van der Waals surface area contributed by atoms with Crippen LogP contribution in [0, 0.1) is 0 Å². The van der Waals surface area contributed by atoms with Gasteiger partial charge in [-0.25, -0.2) is 0 Å². The summed E-state index contributed by atoms with van der Waals surface area (Å²) in [6, 6.07) is 1.88. The van der Waals surface area contributed by atoms with E-state index in [4.69, 9.17) is 9.26 Å². The number of carbonyl (C=O) groups is 2. The standard InChI is InChI=1S/C13H15NO4/c15-10-3-9(4-11(16)5-10)13-6-12(14-18-13)8-1-2-17-7-8/h6,8-9H,1-5,7H2. The summed E-state index contributed by atoms with van der Waals surface area (Å²) in [5.74, 6) is 0.829. The maximum Gasteiger partial charge on any atom is 0.140 e. The molecular formula is C13H15NO4. The third-order valence-corrected chi connectivity index (χ3v) is 3.64. The molecule has 1 aromatic heterocycles. The maximum atomic E-state index is 11.4. The van der Waals surface area contributed by atoms with Gasteiger partial charge in [0.25, 0.3) is 0 Å². The fourth-order valence-electron chi connectivity index (χ4n) is 2.64. The molecular weight excluding hydrogens is 234 g/mol. The van der Waals surface area contributed by atoms with Crippen LogP contribution in [-0.4, -0.2) is 29.9 Å². The Hall–Kier alpha value is -1.49. The molecule has 0 spiro atoms. The summed E-state index contributed by atoms with van der Waals surface area (Å²) in [6.45, 7) is 1.43. The minimum absolute atomic E-state index is 0.00148. The molecule has 0 bridgehead atoms. The van der Waals surface area contributed by atoms with E-state index < -0.39 is 0 Å². The number of ketones is 2. The number of hydrogen-bond acceptors (Lipinski definition) is 5. The summed E-state index contributed by atoms with van der Waals surface area (Å²) < 4.78 is 10.6. The smallest absolute Gasteiger partial charge is 0.140 e. The first-order chi connectivity index (χ1) is 8.72. The van der Waals surface area contributed by atoms with Gasteiger partial charge in [0.2, 0.25) is 0 Å². The monoisotopic (exact) mass is 249 g/mol. The molecule has 5 nitrogen and oxygen atoms in total. The van der Waals surface area contributed by atoms with Crippen LogP contribution in [0.1, 0.15) is 49.0 Å². The van der Waals surface area contributed by atoms with Gasteiger partial charge < -0.3 is 9.26 Å². The Morgan fingerprint density at radius 3 is 2.61 bits per heavy atom. The molecule has 1 aliphatic heterocycles. The molecule has 1 unspecified atom stereocenters. The normalized spacial score (nSPS) is 25.9. The molecule has 2 aliphatic rings. The Labute approximate surface area is 104 Å². The summed E-state index contributed by atoms with van der Waals surface area (Å²) in [7, 11) is 0. The molecule has 18 heavy (non-hydrogen) atoms. The van der Waals surface area contributed by atoms with Crippen molar-refractivity contribution in [2.75, 3.05) is 13.2 Å². The van der Waals surface area contributed by atoms with E-state index in [0.29, 0.717) is 25.2 Å². The second-order valence-corrected chi connectivity index (χ2v) is 5.07. The first kappa shape index (κ1) is 11.6. The summed E-state index contributed by atoms with van der Waals surface area (Å²) in [4.78, 5) is 22.8. The molecule has 0 aromatic carbocycles. The van der Waals surface area contributed by atoms with Gasteiger partial charge in [0.1, 0.15) is 17.3 Å². The first-order valence-corrected chi connectivity index (χ1v) is 6.30. The second-order valence-electron chi connectivity index (χ2n) is 5.07. The highest BCUT2D eigenvalue weighted by molar-refractivity contribution is 6.02. The first-order valence-electron chi connectivity index (χ1n) is 6.30. The molecule has 1 saturated heterocycles. The molecule has 5 heteroatoms. The average Bonchev–Trinajstić information content (AvgIpc) is 2.99. The Morgan fingerprint density at radius 1 is 1.17 bits per heavy atom. The number of hydrogen-bond donors (Lipinski definition) is 0. The van der Waals surface area contributed by atoms with E-state index in [-0.39, 0.29) is 29.8 Å². The van der Waals surface area contributed by atoms with E-state index in [9.17, 15) is 9.59 Å². The van der Waals surface area contributed by atoms with Crippen LogP contribution in [0.3, 0.4) is 0 Å². The van der Waals surface area contributed by atoms with Crippen LogP contribution in [-0.2, 0) is 14.3 Å². The van der Waals surface area contributed by atoms with Gasteiger partial charge >= 0.3 is 0 Å². The molecule has 2 heterocycles. The van der Waals surface area contributed by atoms with E-state index in [0.717, 1.165) is 18.7 Å². The van der Waals surface area contributed by atoms with Crippen molar-refractivity contribution in [2.45, 2.75) is 37.5 Å². The Balaban J connectivity index is 1.75. The predicted molar refractivity (Wildman–Crippen MR) is 61.3 cm³/mol. The molecule has 1 aliphatic carbocycles. The van der Waals surface area contributed by atoms with Gasteiger partial charge in [0.05, 0.1) is 18.7 Å². The zero-order valence-corrected chi connectivity index (χ0v) is 10.1. The minimum atomic E-state index is -0.123. The Morgan fingerprint density at radius 2 is 1.94 bits per heavy atom.